The summed E-state index contributed by atoms with van der Waals surface area (Å²) in [5, 5.41) is 7.00. The number of rotatable bonds is 1. The zero-order chi connectivity index (χ0) is 7.82. The molecule has 1 aromatic rings. The summed E-state index contributed by atoms with van der Waals surface area (Å²) in [4.78, 5) is 0. The Kier molecular flexibility index (Phi) is 5.49. The molecule has 0 saturated heterocycles. The number of hydrogen-bond donors (Lipinski definition) is 1. The molecule has 0 saturated carbocycles. The van der Waals surface area contributed by atoms with Crippen LogP contribution in [0.1, 0.15) is 5.56 Å². The largest absolute Gasteiger partial charge is 0.458 e. The lowest BCUT2D eigenvalue weighted by atomic mass is 10.2. The van der Waals surface area contributed by atoms with Gasteiger partial charge in [0.15, 0.2) is 0 Å². The molecule has 0 spiro atoms. The predicted molar refractivity (Wildman–Crippen MR) is 47.3 cm³/mol. The minimum absolute atomic E-state index is 1.00. The molecule has 0 aliphatic rings. The summed E-state index contributed by atoms with van der Waals surface area (Å²) in [5.74, 6) is 0. The van der Waals surface area contributed by atoms with Crippen LogP contribution in [0.3, 0.4) is 0 Å². The Hall–Kier alpha value is -1.02. The Bertz CT molecular complexity index is 172. The Balaban J connectivity index is 0.000000371. The Morgan fingerprint density at radius 3 is 2.00 bits per heavy atom. The quantitative estimate of drug-likeness (QED) is 0.564. The molecule has 52 valence electrons. The van der Waals surface area contributed by atoms with E-state index in [0.29, 0.717) is 0 Å². The summed E-state index contributed by atoms with van der Waals surface area (Å²) in [6, 6.07) is 10.0. The number of benzene rings is 1. The lowest BCUT2D eigenvalue weighted by molar-refractivity contribution is 0.629. The molecule has 1 nitrogen and oxygen atoms in total. The van der Waals surface area contributed by atoms with Crippen LogP contribution in [0.5, 0.6) is 0 Å². The first kappa shape index (κ1) is 8.98. The van der Waals surface area contributed by atoms with Crippen LogP contribution in [0.4, 0.5) is 0 Å². The normalized spacial score (nSPS) is 7.30. The first-order valence-electron chi connectivity index (χ1n) is 3.05. The smallest absolute Gasteiger partial charge is 0.252 e. The SMILES string of the molecule is BO.C=Cc1ccccc1. The van der Waals surface area contributed by atoms with Crippen molar-refractivity contribution in [3.8, 4) is 0 Å². The Labute approximate surface area is 62.5 Å². The molecular formula is C8H11BO. The predicted octanol–water partition coefficient (Wildman–Crippen LogP) is 0.856. The molecular weight excluding hydrogens is 123 g/mol. The van der Waals surface area contributed by atoms with E-state index in [4.69, 9.17) is 5.02 Å². The van der Waals surface area contributed by atoms with Crippen molar-refractivity contribution < 1.29 is 5.02 Å². The van der Waals surface area contributed by atoms with Crippen molar-refractivity contribution in [3.63, 3.8) is 0 Å². The van der Waals surface area contributed by atoms with Gasteiger partial charge in [-0.2, -0.15) is 0 Å². The van der Waals surface area contributed by atoms with Crippen LogP contribution in [-0.2, 0) is 0 Å². The van der Waals surface area contributed by atoms with Crippen molar-refractivity contribution >= 4 is 14.1 Å². The van der Waals surface area contributed by atoms with Crippen LogP contribution in [0.2, 0.25) is 0 Å². The van der Waals surface area contributed by atoms with Crippen molar-refractivity contribution in [1.29, 1.82) is 0 Å². The molecule has 2 heteroatoms. The van der Waals surface area contributed by atoms with Gasteiger partial charge in [0.05, 0.1) is 0 Å². The lowest BCUT2D eigenvalue weighted by Gasteiger charge is -1.85. The van der Waals surface area contributed by atoms with Crippen LogP contribution in [0, 0.1) is 0 Å². The van der Waals surface area contributed by atoms with Gasteiger partial charge >= 0.3 is 0 Å². The summed E-state index contributed by atoms with van der Waals surface area (Å²) in [7, 11) is 1.00. The van der Waals surface area contributed by atoms with Gasteiger partial charge in [0.1, 0.15) is 0 Å². The second-order valence-electron chi connectivity index (χ2n) is 1.61. The highest BCUT2D eigenvalue weighted by atomic mass is 16.2. The van der Waals surface area contributed by atoms with Gasteiger partial charge in [-0.3, -0.25) is 0 Å². The molecule has 1 rings (SSSR count). The van der Waals surface area contributed by atoms with Gasteiger partial charge in [0.25, 0.3) is 8.05 Å². The van der Waals surface area contributed by atoms with E-state index >= 15 is 0 Å². The third-order valence-electron chi connectivity index (χ3n) is 1.04. The Morgan fingerprint density at radius 2 is 1.70 bits per heavy atom. The molecule has 0 radical (unpaired) electrons. The van der Waals surface area contributed by atoms with Crippen molar-refractivity contribution in [3.05, 3.63) is 42.5 Å². The highest BCUT2D eigenvalue weighted by Gasteiger charge is 1.75. The molecule has 0 heterocycles. The van der Waals surface area contributed by atoms with Crippen LogP contribution < -0.4 is 0 Å². The van der Waals surface area contributed by atoms with Crippen LogP contribution in [0.25, 0.3) is 6.08 Å². The highest BCUT2D eigenvalue weighted by molar-refractivity contribution is 5.95. The van der Waals surface area contributed by atoms with E-state index in [1.807, 2.05) is 36.4 Å². The topological polar surface area (TPSA) is 20.2 Å². The highest BCUT2D eigenvalue weighted by Crippen LogP contribution is 1.97. The van der Waals surface area contributed by atoms with Crippen molar-refractivity contribution in [2.75, 3.05) is 0 Å². The molecule has 0 bridgehead atoms. The van der Waals surface area contributed by atoms with Crippen LogP contribution >= 0.6 is 0 Å². The molecule has 0 amide bonds. The summed E-state index contributed by atoms with van der Waals surface area (Å²) in [5.41, 5.74) is 1.17. The molecule has 0 fully saturated rings. The van der Waals surface area contributed by atoms with Crippen molar-refractivity contribution in [1.82, 2.24) is 0 Å². The fraction of sp³-hybridized carbons (Fsp3) is 0. The van der Waals surface area contributed by atoms with E-state index in [-0.39, 0.29) is 0 Å². The summed E-state index contributed by atoms with van der Waals surface area (Å²) >= 11 is 0. The summed E-state index contributed by atoms with van der Waals surface area (Å²) in [6.45, 7) is 3.63. The molecule has 0 aromatic heterocycles. The van der Waals surface area contributed by atoms with Crippen molar-refractivity contribution in [2.45, 2.75) is 0 Å². The Morgan fingerprint density at radius 1 is 1.20 bits per heavy atom. The molecule has 10 heavy (non-hydrogen) atoms. The first-order chi connectivity index (χ1) is 4.93. The van der Waals surface area contributed by atoms with E-state index in [0.717, 1.165) is 8.05 Å². The first-order valence-corrected chi connectivity index (χ1v) is 3.05. The van der Waals surface area contributed by atoms with E-state index in [1.165, 1.54) is 5.56 Å². The van der Waals surface area contributed by atoms with E-state index in [1.54, 1.807) is 0 Å². The molecule has 1 aromatic carbocycles. The number of hydrogen-bond acceptors (Lipinski definition) is 1. The van der Waals surface area contributed by atoms with E-state index in [9.17, 15) is 0 Å². The third-order valence-corrected chi connectivity index (χ3v) is 1.04. The molecule has 1 N–H and O–H groups in total. The molecule has 0 unspecified atom stereocenters. The van der Waals surface area contributed by atoms with Gasteiger partial charge in [-0.1, -0.05) is 43.0 Å². The molecule has 0 aliphatic carbocycles. The minimum Gasteiger partial charge on any atom is -0.458 e. The third kappa shape index (κ3) is 3.10. The van der Waals surface area contributed by atoms with Gasteiger partial charge < -0.3 is 5.02 Å². The zero-order valence-corrected chi connectivity index (χ0v) is 6.12. The molecule has 0 atom stereocenters. The minimum atomic E-state index is 1.00. The fourth-order valence-electron chi connectivity index (χ4n) is 0.589. The summed E-state index contributed by atoms with van der Waals surface area (Å²) in [6.07, 6.45) is 1.83. The average molecular weight is 134 g/mol. The monoisotopic (exact) mass is 134 g/mol. The second-order valence-corrected chi connectivity index (χ2v) is 1.61. The zero-order valence-electron chi connectivity index (χ0n) is 6.12. The van der Waals surface area contributed by atoms with Gasteiger partial charge in [-0.15, -0.1) is 0 Å². The standard InChI is InChI=1S/C8H8.BH3O/c1-2-8-6-4-3-5-7-8;1-2/h2-7H,1H2;2H,1H2. The van der Waals surface area contributed by atoms with Gasteiger partial charge in [0.2, 0.25) is 0 Å². The lowest BCUT2D eigenvalue weighted by Crippen LogP contribution is -1.63. The maximum atomic E-state index is 7.00. The molecule has 0 aliphatic heterocycles. The second kappa shape index (κ2) is 6.11. The van der Waals surface area contributed by atoms with Gasteiger partial charge in [-0.25, -0.2) is 0 Å². The van der Waals surface area contributed by atoms with Crippen molar-refractivity contribution in [2.24, 2.45) is 0 Å². The van der Waals surface area contributed by atoms with Crippen LogP contribution in [-0.4, -0.2) is 13.1 Å². The average Bonchev–Trinajstić information content (AvgIpc) is 2.10. The maximum Gasteiger partial charge on any atom is 0.252 e. The van der Waals surface area contributed by atoms with Gasteiger partial charge in [-0.05, 0) is 5.56 Å². The van der Waals surface area contributed by atoms with E-state index < -0.39 is 0 Å². The van der Waals surface area contributed by atoms with Crippen LogP contribution in [0.15, 0.2) is 36.9 Å². The maximum absolute atomic E-state index is 7.00. The van der Waals surface area contributed by atoms with Gasteiger partial charge in [0, 0.05) is 0 Å². The van der Waals surface area contributed by atoms with E-state index in [2.05, 4.69) is 6.58 Å². The fourth-order valence-corrected chi connectivity index (χ4v) is 0.589. The summed E-state index contributed by atoms with van der Waals surface area (Å²) < 4.78 is 0.